The summed E-state index contributed by atoms with van der Waals surface area (Å²) in [4.78, 5) is 27.4. The lowest BCUT2D eigenvalue weighted by Crippen LogP contribution is -2.39. The molecule has 0 spiro atoms. The van der Waals surface area contributed by atoms with E-state index in [-0.39, 0.29) is 17.9 Å². The molecule has 23 heavy (non-hydrogen) atoms. The van der Waals surface area contributed by atoms with E-state index in [1.54, 1.807) is 21.0 Å². The molecule has 0 aliphatic heterocycles. The molecule has 0 saturated carbocycles. The normalized spacial score (nSPS) is 11.8. The van der Waals surface area contributed by atoms with E-state index < -0.39 is 0 Å². The highest BCUT2D eigenvalue weighted by Crippen LogP contribution is 2.20. The van der Waals surface area contributed by atoms with Crippen molar-refractivity contribution in [2.75, 3.05) is 37.9 Å². The molecule has 0 radical (unpaired) electrons. The van der Waals surface area contributed by atoms with Crippen molar-refractivity contribution in [3.8, 4) is 0 Å². The highest BCUT2D eigenvalue weighted by Gasteiger charge is 2.17. The quantitative estimate of drug-likeness (QED) is 0.846. The highest BCUT2D eigenvalue weighted by molar-refractivity contribution is 5.90. The Kier molecular flexibility index (Phi) is 6.88. The Hall–Kier alpha value is -2.24. The Morgan fingerprint density at radius 1 is 1.17 bits per heavy atom. The van der Waals surface area contributed by atoms with Gasteiger partial charge >= 0.3 is 6.03 Å². The number of nitrogens with zero attached hydrogens (tertiary/aromatic N) is 2. The van der Waals surface area contributed by atoms with Crippen molar-refractivity contribution < 1.29 is 9.59 Å². The smallest absolute Gasteiger partial charge is 0.321 e. The van der Waals surface area contributed by atoms with Crippen LogP contribution in [0.3, 0.4) is 0 Å². The zero-order valence-corrected chi connectivity index (χ0v) is 14.9. The van der Waals surface area contributed by atoms with Crippen molar-refractivity contribution in [3.05, 3.63) is 24.3 Å². The number of urea groups is 1. The van der Waals surface area contributed by atoms with Crippen molar-refractivity contribution >= 4 is 23.3 Å². The summed E-state index contributed by atoms with van der Waals surface area (Å²) in [6.07, 6.45) is 0. The SMILES string of the molecule is CNC(=O)[C@@H](C)CN(C)C(=O)Nc1cccc(N(C)C(C)C)c1. The van der Waals surface area contributed by atoms with Crippen LogP contribution >= 0.6 is 0 Å². The zero-order valence-electron chi connectivity index (χ0n) is 14.9. The number of carbonyl (C=O) groups is 2. The van der Waals surface area contributed by atoms with E-state index in [0.717, 1.165) is 11.4 Å². The molecule has 0 heterocycles. The standard InChI is InChI=1S/C17H28N4O2/c1-12(2)21(6)15-9-7-8-14(10-15)19-17(23)20(5)11-13(3)16(22)18-4/h7-10,12-13H,11H2,1-6H3,(H,18,22)(H,19,23)/t13-/m0/s1. The molecular weight excluding hydrogens is 292 g/mol. The molecule has 1 aromatic rings. The van der Waals surface area contributed by atoms with Gasteiger partial charge < -0.3 is 20.4 Å². The average molecular weight is 320 g/mol. The topological polar surface area (TPSA) is 64.7 Å². The van der Waals surface area contributed by atoms with Gasteiger partial charge in [0.25, 0.3) is 0 Å². The van der Waals surface area contributed by atoms with Crippen LogP contribution in [0.15, 0.2) is 24.3 Å². The first-order chi connectivity index (χ1) is 10.8. The van der Waals surface area contributed by atoms with Crippen molar-refractivity contribution in [3.63, 3.8) is 0 Å². The zero-order chi connectivity index (χ0) is 17.6. The monoisotopic (exact) mass is 320 g/mol. The third kappa shape index (κ3) is 5.47. The fraction of sp³-hybridized carbons (Fsp3) is 0.529. The largest absolute Gasteiger partial charge is 0.372 e. The Labute approximate surface area is 138 Å². The maximum absolute atomic E-state index is 12.2. The number of hydrogen-bond acceptors (Lipinski definition) is 3. The highest BCUT2D eigenvalue weighted by atomic mass is 16.2. The fourth-order valence-corrected chi connectivity index (χ4v) is 2.14. The molecule has 6 nitrogen and oxygen atoms in total. The molecule has 2 N–H and O–H groups in total. The molecular formula is C17H28N4O2. The first-order valence-electron chi connectivity index (χ1n) is 7.82. The third-order valence-corrected chi connectivity index (χ3v) is 3.87. The molecule has 128 valence electrons. The molecule has 1 aromatic carbocycles. The minimum Gasteiger partial charge on any atom is -0.372 e. The molecule has 0 aliphatic carbocycles. The van der Waals surface area contributed by atoms with E-state index in [2.05, 4.69) is 29.4 Å². The van der Waals surface area contributed by atoms with Gasteiger partial charge in [0.05, 0.1) is 5.92 Å². The Morgan fingerprint density at radius 2 is 1.83 bits per heavy atom. The second kappa shape index (κ2) is 8.41. The number of amides is 3. The van der Waals surface area contributed by atoms with Gasteiger partial charge in [0.2, 0.25) is 5.91 Å². The molecule has 0 unspecified atom stereocenters. The second-order valence-electron chi connectivity index (χ2n) is 6.08. The summed E-state index contributed by atoms with van der Waals surface area (Å²) in [5.41, 5.74) is 1.78. The Balaban J connectivity index is 2.70. The summed E-state index contributed by atoms with van der Waals surface area (Å²) < 4.78 is 0. The first-order valence-corrected chi connectivity index (χ1v) is 7.82. The second-order valence-corrected chi connectivity index (χ2v) is 6.08. The number of hydrogen-bond donors (Lipinski definition) is 2. The van der Waals surface area contributed by atoms with Gasteiger partial charge in [0, 0.05) is 45.1 Å². The minimum atomic E-state index is -0.255. The lowest BCUT2D eigenvalue weighted by atomic mass is 10.1. The maximum atomic E-state index is 12.2. The maximum Gasteiger partial charge on any atom is 0.321 e. The van der Waals surface area contributed by atoms with Gasteiger partial charge in [-0.05, 0) is 32.0 Å². The van der Waals surface area contributed by atoms with Crippen LogP contribution in [0.2, 0.25) is 0 Å². The van der Waals surface area contributed by atoms with Gasteiger partial charge in [0.1, 0.15) is 0 Å². The van der Waals surface area contributed by atoms with E-state index in [1.165, 1.54) is 4.90 Å². The van der Waals surface area contributed by atoms with Gasteiger partial charge in [-0.3, -0.25) is 4.79 Å². The van der Waals surface area contributed by atoms with Crippen LogP contribution in [0.1, 0.15) is 20.8 Å². The molecule has 0 saturated heterocycles. The van der Waals surface area contributed by atoms with Gasteiger partial charge in [0.15, 0.2) is 0 Å². The summed E-state index contributed by atoms with van der Waals surface area (Å²) >= 11 is 0. The van der Waals surface area contributed by atoms with Crippen molar-refractivity contribution in [1.29, 1.82) is 0 Å². The number of benzene rings is 1. The molecule has 0 aliphatic rings. The van der Waals surface area contributed by atoms with Crippen LogP contribution in [-0.4, -0.2) is 50.6 Å². The van der Waals surface area contributed by atoms with Gasteiger partial charge in [-0.1, -0.05) is 13.0 Å². The first kappa shape index (κ1) is 18.8. The molecule has 0 aromatic heterocycles. The molecule has 1 atom stereocenters. The molecule has 3 amide bonds. The summed E-state index contributed by atoms with van der Waals surface area (Å²) in [7, 11) is 5.29. The van der Waals surface area contributed by atoms with Crippen molar-refractivity contribution in [2.24, 2.45) is 5.92 Å². The van der Waals surface area contributed by atoms with Crippen molar-refractivity contribution in [2.45, 2.75) is 26.8 Å². The fourth-order valence-electron chi connectivity index (χ4n) is 2.14. The van der Waals surface area contributed by atoms with Crippen LogP contribution in [0.25, 0.3) is 0 Å². The lowest BCUT2D eigenvalue weighted by Gasteiger charge is -2.25. The lowest BCUT2D eigenvalue weighted by molar-refractivity contribution is -0.124. The number of anilines is 2. The minimum absolute atomic E-state index is 0.0785. The predicted octanol–water partition coefficient (Wildman–Crippen LogP) is 2.38. The molecule has 6 heteroatoms. The van der Waals surface area contributed by atoms with Gasteiger partial charge in [-0.15, -0.1) is 0 Å². The van der Waals surface area contributed by atoms with E-state index in [4.69, 9.17) is 0 Å². The third-order valence-electron chi connectivity index (χ3n) is 3.87. The molecule has 0 bridgehead atoms. The summed E-state index contributed by atoms with van der Waals surface area (Å²) in [5, 5.41) is 5.45. The number of carbonyl (C=O) groups excluding carboxylic acids is 2. The van der Waals surface area contributed by atoms with Crippen LogP contribution in [0, 0.1) is 5.92 Å². The van der Waals surface area contributed by atoms with E-state index >= 15 is 0 Å². The van der Waals surface area contributed by atoms with Gasteiger partial charge in [-0.2, -0.15) is 0 Å². The summed E-state index contributed by atoms with van der Waals surface area (Å²) in [6.45, 7) is 6.37. The Bertz CT molecular complexity index is 545. The average Bonchev–Trinajstić information content (AvgIpc) is 2.53. The van der Waals surface area contributed by atoms with Crippen LogP contribution in [-0.2, 0) is 4.79 Å². The Morgan fingerprint density at radius 3 is 2.39 bits per heavy atom. The van der Waals surface area contributed by atoms with E-state index in [1.807, 2.05) is 31.3 Å². The van der Waals surface area contributed by atoms with Crippen molar-refractivity contribution in [1.82, 2.24) is 10.2 Å². The molecule has 0 fully saturated rings. The van der Waals surface area contributed by atoms with E-state index in [0.29, 0.717) is 12.6 Å². The summed E-state index contributed by atoms with van der Waals surface area (Å²) in [6, 6.07) is 7.85. The molecule has 1 rings (SSSR count). The number of nitrogens with one attached hydrogen (secondary N) is 2. The van der Waals surface area contributed by atoms with Crippen LogP contribution < -0.4 is 15.5 Å². The van der Waals surface area contributed by atoms with E-state index in [9.17, 15) is 9.59 Å². The number of rotatable bonds is 6. The van der Waals surface area contributed by atoms with Gasteiger partial charge in [-0.25, -0.2) is 4.79 Å². The summed E-state index contributed by atoms with van der Waals surface area (Å²) in [5.74, 6) is -0.334. The van der Waals surface area contributed by atoms with Crippen LogP contribution in [0.5, 0.6) is 0 Å². The predicted molar refractivity (Wildman–Crippen MR) is 94.9 cm³/mol. The van der Waals surface area contributed by atoms with Crippen LogP contribution in [0.4, 0.5) is 16.2 Å².